The molecule has 0 unspecified atom stereocenters. The summed E-state index contributed by atoms with van der Waals surface area (Å²) in [6.45, 7) is 0.713. The molecule has 0 spiro atoms. The minimum absolute atomic E-state index is 0.0167. The Morgan fingerprint density at radius 1 is 1.29 bits per heavy atom. The van der Waals surface area contributed by atoms with Crippen molar-refractivity contribution in [3.05, 3.63) is 35.4 Å². The number of aliphatic hydroxyl groups is 1. The van der Waals surface area contributed by atoms with Gasteiger partial charge in [-0.1, -0.05) is 12.1 Å². The fourth-order valence-electron chi connectivity index (χ4n) is 2.77. The molecule has 6 heteroatoms. The van der Waals surface area contributed by atoms with E-state index >= 15 is 0 Å². The summed E-state index contributed by atoms with van der Waals surface area (Å²) in [6, 6.07) is 4.95. The Balaban J connectivity index is 2.28. The van der Waals surface area contributed by atoms with Crippen LogP contribution >= 0.6 is 11.8 Å². The number of benzene rings is 1. The zero-order valence-electron chi connectivity index (χ0n) is 12.2. The maximum absolute atomic E-state index is 12.6. The first-order chi connectivity index (χ1) is 9.73. The van der Waals surface area contributed by atoms with Crippen LogP contribution in [-0.2, 0) is 11.8 Å². The number of nitrogens with zero attached hydrogens (tertiary/aromatic N) is 1. The topological polar surface area (TPSA) is 23.5 Å². The van der Waals surface area contributed by atoms with Gasteiger partial charge in [-0.05, 0) is 44.0 Å². The van der Waals surface area contributed by atoms with Crippen LogP contribution in [0.1, 0.15) is 17.5 Å². The van der Waals surface area contributed by atoms with E-state index in [9.17, 15) is 18.3 Å². The predicted molar refractivity (Wildman–Crippen MR) is 79.3 cm³/mol. The molecule has 2 atom stereocenters. The molecule has 1 aromatic carbocycles. The Labute approximate surface area is 127 Å². The smallest absolute Gasteiger partial charge is 0.385 e. The van der Waals surface area contributed by atoms with Gasteiger partial charge < -0.3 is 10.0 Å². The molecule has 2 nitrogen and oxygen atoms in total. The van der Waals surface area contributed by atoms with Gasteiger partial charge in [-0.2, -0.15) is 24.9 Å². The minimum Gasteiger partial charge on any atom is -0.385 e. The van der Waals surface area contributed by atoms with Crippen molar-refractivity contribution in [1.82, 2.24) is 4.90 Å². The van der Waals surface area contributed by atoms with Crippen molar-refractivity contribution in [2.45, 2.75) is 18.2 Å². The average Bonchev–Trinajstić information content (AvgIpc) is 2.40. The number of halogens is 3. The molecular weight excluding hydrogens is 299 g/mol. The van der Waals surface area contributed by atoms with Gasteiger partial charge in [-0.15, -0.1) is 0 Å². The molecule has 1 N–H and O–H groups in total. The fraction of sp³-hybridized carbons (Fsp3) is 0.600. The van der Waals surface area contributed by atoms with Crippen molar-refractivity contribution in [3.8, 4) is 0 Å². The highest BCUT2D eigenvalue weighted by Crippen LogP contribution is 2.41. The number of hydrogen-bond acceptors (Lipinski definition) is 3. The molecule has 0 aliphatic carbocycles. The predicted octanol–water partition coefficient (Wildman–Crippen LogP) is 3.21. The third kappa shape index (κ3) is 3.73. The molecular formula is C15H20F3NOS. The first-order valence-corrected chi connectivity index (χ1v) is 8.01. The molecule has 1 aromatic rings. The SMILES string of the molecule is CN(C)C[C@@H]1CSCC[C@@]1(O)c1ccc(C(F)(F)F)cc1. The van der Waals surface area contributed by atoms with E-state index < -0.39 is 17.3 Å². The first kappa shape index (κ1) is 16.6. The van der Waals surface area contributed by atoms with Crippen LogP contribution in [0.5, 0.6) is 0 Å². The molecule has 1 heterocycles. The van der Waals surface area contributed by atoms with Gasteiger partial charge >= 0.3 is 6.18 Å². The molecule has 118 valence electrons. The lowest BCUT2D eigenvalue weighted by Gasteiger charge is -2.41. The van der Waals surface area contributed by atoms with Crippen molar-refractivity contribution < 1.29 is 18.3 Å². The molecule has 0 bridgehead atoms. The van der Waals surface area contributed by atoms with Crippen molar-refractivity contribution in [1.29, 1.82) is 0 Å². The molecule has 1 saturated heterocycles. The molecule has 2 rings (SSSR count). The highest BCUT2D eigenvalue weighted by Gasteiger charge is 2.41. The third-order valence-corrected chi connectivity index (χ3v) is 5.05. The van der Waals surface area contributed by atoms with Gasteiger partial charge in [-0.3, -0.25) is 0 Å². The largest absolute Gasteiger partial charge is 0.416 e. The fourth-order valence-corrected chi connectivity index (χ4v) is 4.06. The molecule has 1 aliphatic heterocycles. The highest BCUT2D eigenvalue weighted by molar-refractivity contribution is 7.99. The van der Waals surface area contributed by atoms with Gasteiger partial charge in [0, 0.05) is 18.2 Å². The Morgan fingerprint density at radius 2 is 1.90 bits per heavy atom. The van der Waals surface area contributed by atoms with Gasteiger partial charge in [0.25, 0.3) is 0 Å². The van der Waals surface area contributed by atoms with E-state index in [0.717, 1.165) is 23.6 Å². The molecule has 0 amide bonds. The lowest BCUT2D eigenvalue weighted by Crippen LogP contribution is -2.45. The van der Waals surface area contributed by atoms with Gasteiger partial charge in [0.2, 0.25) is 0 Å². The Bertz CT molecular complexity index is 475. The summed E-state index contributed by atoms with van der Waals surface area (Å²) in [5, 5.41) is 11.0. The summed E-state index contributed by atoms with van der Waals surface area (Å²) >= 11 is 1.78. The first-order valence-electron chi connectivity index (χ1n) is 6.86. The standard InChI is InChI=1S/C15H20F3NOS/c1-19(2)9-13-10-21-8-7-14(13,20)11-3-5-12(6-4-11)15(16,17)18/h3-6,13,20H,7-10H2,1-2H3/t13-,14-/m1/s1. The summed E-state index contributed by atoms with van der Waals surface area (Å²) < 4.78 is 37.9. The number of thioether (sulfide) groups is 1. The summed E-state index contributed by atoms with van der Waals surface area (Å²) in [7, 11) is 3.87. The molecule has 0 saturated carbocycles. The lowest BCUT2D eigenvalue weighted by molar-refractivity contribution is -0.137. The zero-order chi connectivity index (χ0) is 15.7. The monoisotopic (exact) mass is 319 g/mol. The van der Waals surface area contributed by atoms with Crippen LogP contribution in [0.2, 0.25) is 0 Å². The normalized spacial score (nSPS) is 27.1. The molecule has 21 heavy (non-hydrogen) atoms. The van der Waals surface area contributed by atoms with Gasteiger partial charge in [0.15, 0.2) is 0 Å². The molecule has 1 fully saturated rings. The lowest BCUT2D eigenvalue weighted by atomic mass is 9.79. The van der Waals surface area contributed by atoms with Crippen LogP contribution in [0.4, 0.5) is 13.2 Å². The highest BCUT2D eigenvalue weighted by atomic mass is 32.2. The second-order valence-corrected chi connectivity index (χ2v) is 6.93. The maximum atomic E-state index is 12.6. The van der Waals surface area contributed by atoms with Gasteiger partial charge in [0.1, 0.15) is 0 Å². The van der Waals surface area contributed by atoms with Crippen LogP contribution in [0.25, 0.3) is 0 Å². The van der Waals surface area contributed by atoms with Crippen LogP contribution in [0, 0.1) is 5.92 Å². The number of alkyl halides is 3. The van der Waals surface area contributed by atoms with E-state index in [0.29, 0.717) is 18.5 Å². The Hall–Kier alpha value is -0.720. The van der Waals surface area contributed by atoms with Crippen molar-refractivity contribution in [2.24, 2.45) is 5.92 Å². The van der Waals surface area contributed by atoms with Crippen molar-refractivity contribution >= 4 is 11.8 Å². The Kier molecular flexibility index (Phi) is 4.90. The molecule has 1 aliphatic rings. The quantitative estimate of drug-likeness (QED) is 0.925. The van der Waals surface area contributed by atoms with E-state index in [-0.39, 0.29) is 5.92 Å². The van der Waals surface area contributed by atoms with E-state index in [1.165, 1.54) is 12.1 Å². The van der Waals surface area contributed by atoms with E-state index in [1.807, 2.05) is 19.0 Å². The number of hydrogen-bond donors (Lipinski definition) is 1. The molecule has 0 radical (unpaired) electrons. The van der Waals surface area contributed by atoms with Crippen molar-refractivity contribution in [2.75, 3.05) is 32.1 Å². The van der Waals surface area contributed by atoms with E-state index in [2.05, 4.69) is 0 Å². The third-order valence-electron chi connectivity index (χ3n) is 3.92. The number of rotatable bonds is 3. The van der Waals surface area contributed by atoms with Crippen LogP contribution in [0.3, 0.4) is 0 Å². The zero-order valence-corrected chi connectivity index (χ0v) is 13.0. The second kappa shape index (κ2) is 6.18. The van der Waals surface area contributed by atoms with Crippen LogP contribution in [0.15, 0.2) is 24.3 Å². The van der Waals surface area contributed by atoms with Crippen LogP contribution < -0.4 is 0 Å². The van der Waals surface area contributed by atoms with E-state index in [4.69, 9.17) is 0 Å². The summed E-state index contributed by atoms with van der Waals surface area (Å²) in [5.41, 5.74) is -1.13. The summed E-state index contributed by atoms with van der Waals surface area (Å²) in [6.07, 6.45) is -3.77. The van der Waals surface area contributed by atoms with Crippen LogP contribution in [-0.4, -0.2) is 42.2 Å². The van der Waals surface area contributed by atoms with Crippen molar-refractivity contribution in [3.63, 3.8) is 0 Å². The van der Waals surface area contributed by atoms with Gasteiger partial charge in [-0.25, -0.2) is 0 Å². The average molecular weight is 319 g/mol. The molecule has 0 aromatic heterocycles. The summed E-state index contributed by atoms with van der Waals surface area (Å²) in [4.78, 5) is 2.01. The minimum atomic E-state index is -4.34. The maximum Gasteiger partial charge on any atom is 0.416 e. The Morgan fingerprint density at radius 3 is 2.43 bits per heavy atom. The second-order valence-electron chi connectivity index (χ2n) is 5.78. The van der Waals surface area contributed by atoms with E-state index in [1.54, 1.807) is 11.8 Å². The van der Waals surface area contributed by atoms with Gasteiger partial charge in [0.05, 0.1) is 11.2 Å². The summed E-state index contributed by atoms with van der Waals surface area (Å²) in [5.74, 6) is 1.65.